The maximum atomic E-state index is 12.9. The predicted molar refractivity (Wildman–Crippen MR) is 76.3 cm³/mol. The Kier molecular flexibility index (Phi) is 4.48. The predicted octanol–water partition coefficient (Wildman–Crippen LogP) is 2.70. The van der Waals surface area contributed by atoms with E-state index in [0.717, 1.165) is 11.1 Å². The van der Waals surface area contributed by atoms with Crippen LogP contribution in [0.3, 0.4) is 0 Å². The number of rotatable bonds is 4. The van der Waals surface area contributed by atoms with Gasteiger partial charge in [-0.2, -0.15) is 0 Å². The molecular weight excluding hydrogens is 255 g/mol. The lowest BCUT2D eigenvalue weighted by Gasteiger charge is -2.18. The second-order valence-corrected chi connectivity index (χ2v) is 4.67. The number of amides is 1. The number of halogens is 1. The fourth-order valence-electron chi connectivity index (χ4n) is 1.95. The molecule has 4 heteroatoms. The van der Waals surface area contributed by atoms with Crippen LogP contribution in [-0.2, 0) is 4.79 Å². The molecule has 0 saturated carbocycles. The first-order valence-corrected chi connectivity index (χ1v) is 6.44. The zero-order valence-electron chi connectivity index (χ0n) is 11.2. The van der Waals surface area contributed by atoms with Crippen LogP contribution in [0.15, 0.2) is 54.6 Å². The van der Waals surface area contributed by atoms with Gasteiger partial charge in [-0.1, -0.05) is 42.5 Å². The summed E-state index contributed by atoms with van der Waals surface area (Å²) in [7, 11) is 0. The SMILES string of the molecule is C[C@@H](NC(=O)C(N)c1ccccc1)c1ccc(F)cc1. The summed E-state index contributed by atoms with van der Waals surface area (Å²) in [5.41, 5.74) is 7.51. The van der Waals surface area contributed by atoms with Gasteiger partial charge in [-0.3, -0.25) is 4.79 Å². The smallest absolute Gasteiger partial charge is 0.241 e. The largest absolute Gasteiger partial charge is 0.348 e. The summed E-state index contributed by atoms with van der Waals surface area (Å²) in [6, 6.07) is 14.3. The van der Waals surface area contributed by atoms with Gasteiger partial charge in [0.1, 0.15) is 11.9 Å². The molecule has 20 heavy (non-hydrogen) atoms. The minimum absolute atomic E-state index is 0.224. The third-order valence-corrected chi connectivity index (χ3v) is 3.17. The van der Waals surface area contributed by atoms with Gasteiger partial charge >= 0.3 is 0 Å². The highest BCUT2D eigenvalue weighted by Gasteiger charge is 2.18. The standard InChI is InChI=1S/C16H17FN2O/c1-11(12-7-9-14(17)10-8-12)19-16(20)15(18)13-5-3-2-4-6-13/h2-11,15H,18H2,1H3,(H,19,20)/t11-,15?/m1/s1. The molecule has 3 N–H and O–H groups in total. The summed E-state index contributed by atoms with van der Waals surface area (Å²) in [6.07, 6.45) is 0. The Morgan fingerprint density at radius 2 is 1.65 bits per heavy atom. The number of nitrogens with two attached hydrogens (primary N) is 1. The van der Waals surface area contributed by atoms with E-state index >= 15 is 0 Å². The van der Waals surface area contributed by atoms with Crippen LogP contribution >= 0.6 is 0 Å². The highest BCUT2D eigenvalue weighted by atomic mass is 19.1. The van der Waals surface area contributed by atoms with Gasteiger partial charge in [0.05, 0.1) is 6.04 Å². The summed E-state index contributed by atoms with van der Waals surface area (Å²) in [4.78, 5) is 12.1. The molecular formula is C16H17FN2O. The van der Waals surface area contributed by atoms with Crippen molar-refractivity contribution in [1.82, 2.24) is 5.32 Å². The van der Waals surface area contributed by atoms with Gasteiger partial charge in [-0.05, 0) is 30.2 Å². The summed E-state index contributed by atoms with van der Waals surface area (Å²) < 4.78 is 12.9. The average Bonchev–Trinajstić information content (AvgIpc) is 2.48. The molecule has 2 rings (SSSR count). The number of benzene rings is 2. The monoisotopic (exact) mass is 272 g/mol. The van der Waals surface area contributed by atoms with Crippen molar-refractivity contribution in [2.45, 2.75) is 19.0 Å². The highest BCUT2D eigenvalue weighted by molar-refractivity contribution is 5.83. The molecule has 0 fully saturated rings. The molecule has 1 amide bonds. The molecule has 0 aromatic heterocycles. The van der Waals surface area contributed by atoms with Gasteiger partial charge in [-0.15, -0.1) is 0 Å². The lowest BCUT2D eigenvalue weighted by atomic mass is 10.1. The number of hydrogen-bond acceptors (Lipinski definition) is 2. The topological polar surface area (TPSA) is 55.1 Å². The Morgan fingerprint density at radius 1 is 1.05 bits per heavy atom. The van der Waals surface area contributed by atoms with Crippen molar-refractivity contribution < 1.29 is 9.18 Å². The minimum Gasteiger partial charge on any atom is -0.348 e. The molecule has 3 nitrogen and oxygen atoms in total. The van der Waals surface area contributed by atoms with Crippen molar-refractivity contribution in [3.05, 3.63) is 71.5 Å². The van der Waals surface area contributed by atoms with Crippen LogP contribution in [0.25, 0.3) is 0 Å². The van der Waals surface area contributed by atoms with Crippen molar-refractivity contribution in [3.8, 4) is 0 Å². The highest BCUT2D eigenvalue weighted by Crippen LogP contribution is 2.15. The molecule has 0 aliphatic rings. The summed E-state index contributed by atoms with van der Waals surface area (Å²) in [6.45, 7) is 1.84. The molecule has 0 aliphatic heterocycles. The third kappa shape index (κ3) is 3.42. The van der Waals surface area contributed by atoms with E-state index in [1.54, 1.807) is 12.1 Å². The van der Waals surface area contributed by atoms with E-state index in [9.17, 15) is 9.18 Å². The van der Waals surface area contributed by atoms with E-state index in [0.29, 0.717) is 0 Å². The van der Waals surface area contributed by atoms with Crippen molar-refractivity contribution >= 4 is 5.91 Å². The molecule has 0 radical (unpaired) electrons. The maximum absolute atomic E-state index is 12.9. The second kappa shape index (κ2) is 6.30. The summed E-state index contributed by atoms with van der Waals surface area (Å²) in [5, 5.41) is 2.83. The van der Waals surface area contributed by atoms with Crippen LogP contribution in [0.2, 0.25) is 0 Å². The van der Waals surface area contributed by atoms with Crippen LogP contribution < -0.4 is 11.1 Å². The number of hydrogen-bond donors (Lipinski definition) is 2. The van der Waals surface area contributed by atoms with E-state index in [1.165, 1.54) is 12.1 Å². The van der Waals surface area contributed by atoms with E-state index in [2.05, 4.69) is 5.32 Å². The van der Waals surface area contributed by atoms with Crippen molar-refractivity contribution in [1.29, 1.82) is 0 Å². The van der Waals surface area contributed by atoms with Crippen LogP contribution in [0.5, 0.6) is 0 Å². The molecule has 0 bridgehead atoms. The average molecular weight is 272 g/mol. The van der Waals surface area contributed by atoms with E-state index < -0.39 is 6.04 Å². The molecule has 0 aliphatic carbocycles. The minimum atomic E-state index is -0.709. The van der Waals surface area contributed by atoms with Gasteiger partial charge in [0.15, 0.2) is 0 Å². The van der Waals surface area contributed by atoms with Gasteiger partial charge < -0.3 is 11.1 Å². The van der Waals surface area contributed by atoms with Gasteiger partial charge in [0.2, 0.25) is 5.91 Å². The van der Waals surface area contributed by atoms with Crippen molar-refractivity contribution in [2.75, 3.05) is 0 Å². The van der Waals surface area contributed by atoms with Crippen molar-refractivity contribution in [2.24, 2.45) is 5.73 Å². The second-order valence-electron chi connectivity index (χ2n) is 4.67. The molecule has 0 spiro atoms. The first-order chi connectivity index (χ1) is 9.58. The Labute approximate surface area is 117 Å². The summed E-state index contributed by atoms with van der Waals surface area (Å²) >= 11 is 0. The van der Waals surface area contributed by atoms with Gasteiger partial charge in [0, 0.05) is 0 Å². The lowest BCUT2D eigenvalue weighted by Crippen LogP contribution is -2.35. The van der Waals surface area contributed by atoms with Crippen LogP contribution in [0.1, 0.15) is 30.1 Å². The van der Waals surface area contributed by atoms with Gasteiger partial charge in [0.25, 0.3) is 0 Å². The number of nitrogens with one attached hydrogen (secondary N) is 1. The van der Waals surface area contributed by atoms with Crippen molar-refractivity contribution in [3.63, 3.8) is 0 Å². The Balaban J connectivity index is 2.02. The Hall–Kier alpha value is -2.20. The molecule has 2 aromatic carbocycles. The van der Waals surface area contributed by atoms with Gasteiger partial charge in [-0.25, -0.2) is 4.39 Å². The molecule has 0 heterocycles. The van der Waals surface area contributed by atoms with E-state index in [1.807, 2.05) is 37.3 Å². The summed E-state index contributed by atoms with van der Waals surface area (Å²) in [5.74, 6) is -0.554. The first kappa shape index (κ1) is 14.2. The lowest BCUT2D eigenvalue weighted by molar-refractivity contribution is -0.123. The number of carbonyl (C=O) groups excluding carboxylic acids is 1. The van der Waals surface area contributed by atoms with Crippen LogP contribution in [0, 0.1) is 5.82 Å². The normalized spacial score (nSPS) is 13.6. The van der Waals surface area contributed by atoms with Crippen LogP contribution in [0.4, 0.5) is 4.39 Å². The molecule has 0 saturated heterocycles. The van der Waals surface area contributed by atoms with E-state index in [-0.39, 0.29) is 17.8 Å². The third-order valence-electron chi connectivity index (χ3n) is 3.17. The Morgan fingerprint density at radius 3 is 2.25 bits per heavy atom. The maximum Gasteiger partial charge on any atom is 0.241 e. The first-order valence-electron chi connectivity index (χ1n) is 6.44. The molecule has 1 unspecified atom stereocenters. The fourth-order valence-corrected chi connectivity index (χ4v) is 1.95. The molecule has 2 aromatic rings. The quantitative estimate of drug-likeness (QED) is 0.899. The zero-order valence-corrected chi connectivity index (χ0v) is 11.2. The van der Waals surface area contributed by atoms with Crippen LogP contribution in [-0.4, -0.2) is 5.91 Å². The fraction of sp³-hybridized carbons (Fsp3) is 0.188. The number of carbonyl (C=O) groups is 1. The zero-order chi connectivity index (χ0) is 14.5. The van der Waals surface area contributed by atoms with E-state index in [4.69, 9.17) is 5.73 Å². The molecule has 104 valence electrons. The molecule has 2 atom stereocenters. The Bertz CT molecular complexity index is 569.